The van der Waals surface area contributed by atoms with Crippen LogP contribution in [0.1, 0.15) is 56.1 Å². The molecule has 0 aliphatic carbocycles. The number of halogens is 2. The van der Waals surface area contributed by atoms with Gasteiger partial charge in [0, 0.05) is 18.3 Å². The average Bonchev–Trinajstić information content (AvgIpc) is 2.62. The number of aryl methyl sites for hydroxylation is 1. The molecule has 8 nitrogen and oxygen atoms in total. The molecule has 3 heterocycles. The Hall–Kier alpha value is -1.90. The topological polar surface area (TPSA) is 109 Å². The summed E-state index contributed by atoms with van der Waals surface area (Å²) in [6.07, 6.45) is 0.836. The van der Waals surface area contributed by atoms with Gasteiger partial charge in [-0.1, -0.05) is 20.8 Å². The van der Waals surface area contributed by atoms with Crippen LogP contribution in [-0.4, -0.2) is 39.6 Å². The smallest absolute Gasteiger partial charge is 0.329 e. The van der Waals surface area contributed by atoms with Gasteiger partial charge in [0.05, 0.1) is 10.9 Å². The minimum Gasteiger partial charge on any atom is -0.349 e. The SMILES string of the molecule is CCn1c(=O)[nH]c(=O)c2c(C(=O)NC3CCNCC3C)cc(C(C)C)nc21.Cl.Cl. The summed E-state index contributed by atoms with van der Waals surface area (Å²) in [5.74, 6) is 0.0563. The number of hydrogen-bond donors (Lipinski definition) is 3. The van der Waals surface area contributed by atoms with Crippen LogP contribution in [0.2, 0.25) is 0 Å². The molecular formula is C19H29Cl2N5O3. The number of nitrogens with zero attached hydrogens (tertiary/aromatic N) is 2. The monoisotopic (exact) mass is 445 g/mol. The van der Waals surface area contributed by atoms with Crippen molar-refractivity contribution in [3.05, 3.63) is 38.2 Å². The number of piperidine rings is 1. The maximum atomic E-state index is 13.1. The van der Waals surface area contributed by atoms with Gasteiger partial charge in [-0.3, -0.25) is 19.1 Å². The molecule has 1 fully saturated rings. The predicted octanol–water partition coefficient (Wildman–Crippen LogP) is 1.80. The van der Waals surface area contributed by atoms with Gasteiger partial charge in [0.2, 0.25) is 0 Å². The fraction of sp³-hybridized carbons (Fsp3) is 0.579. The largest absolute Gasteiger partial charge is 0.349 e. The van der Waals surface area contributed by atoms with Crippen LogP contribution in [0.15, 0.2) is 15.7 Å². The van der Waals surface area contributed by atoms with Gasteiger partial charge in [0.15, 0.2) is 5.65 Å². The molecule has 2 aromatic heterocycles. The summed E-state index contributed by atoms with van der Waals surface area (Å²) in [6, 6.07) is 1.72. The van der Waals surface area contributed by atoms with Crippen LogP contribution in [0, 0.1) is 5.92 Å². The molecule has 0 saturated carbocycles. The van der Waals surface area contributed by atoms with E-state index in [1.807, 2.05) is 13.8 Å². The van der Waals surface area contributed by atoms with E-state index in [1.54, 1.807) is 13.0 Å². The molecule has 3 rings (SSSR count). The van der Waals surface area contributed by atoms with Crippen molar-refractivity contribution in [2.24, 2.45) is 5.92 Å². The molecule has 1 aliphatic rings. The van der Waals surface area contributed by atoms with Gasteiger partial charge in [0.1, 0.15) is 0 Å². The third-order valence-corrected chi connectivity index (χ3v) is 5.22. The molecule has 1 amide bonds. The molecule has 10 heteroatoms. The summed E-state index contributed by atoms with van der Waals surface area (Å²) in [6.45, 7) is 9.86. The van der Waals surface area contributed by atoms with Gasteiger partial charge < -0.3 is 10.6 Å². The van der Waals surface area contributed by atoms with Crippen molar-refractivity contribution in [2.45, 2.75) is 52.6 Å². The van der Waals surface area contributed by atoms with Crippen LogP contribution in [0.4, 0.5) is 0 Å². The van der Waals surface area contributed by atoms with E-state index in [0.29, 0.717) is 18.2 Å². The molecular weight excluding hydrogens is 417 g/mol. The van der Waals surface area contributed by atoms with E-state index in [9.17, 15) is 14.4 Å². The average molecular weight is 446 g/mol. The van der Waals surface area contributed by atoms with Gasteiger partial charge in [0.25, 0.3) is 11.5 Å². The lowest BCUT2D eigenvalue weighted by Crippen LogP contribution is -2.48. The number of aromatic amines is 1. The second kappa shape index (κ2) is 10.2. The van der Waals surface area contributed by atoms with Gasteiger partial charge in [-0.15, -0.1) is 24.8 Å². The maximum Gasteiger partial charge on any atom is 0.329 e. The van der Waals surface area contributed by atoms with E-state index in [-0.39, 0.29) is 59.3 Å². The lowest BCUT2D eigenvalue weighted by Gasteiger charge is -2.30. The lowest BCUT2D eigenvalue weighted by atomic mass is 9.94. The van der Waals surface area contributed by atoms with E-state index >= 15 is 0 Å². The fourth-order valence-corrected chi connectivity index (χ4v) is 3.54. The van der Waals surface area contributed by atoms with Gasteiger partial charge in [-0.05, 0) is 44.3 Å². The van der Waals surface area contributed by atoms with Crippen molar-refractivity contribution < 1.29 is 4.79 Å². The van der Waals surface area contributed by atoms with Crippen molar-refractivity contribution in [3.63, 3.8) is 0 Å². The zero-order valence-corrected chi connectivity index (χ0v) is 18.7. The van der Waals surface area contributed by atoms with Gasteiger partial charge in [-0.25, -0.2) is 9.78 Å². The third-order valence-electron chi connectivity index (χ3n) is 5.22. The molecule has 3 N–H and O–H groups in total. The maximum absolute atomic E-state index is 13.1. The molecule has 29 heavy (non-hydrogen) atoms. The number of fused-ring (bicyclic) bond motifs is 1. The van der Waals surface area contributed by atoms with Crippen LogP contribution in [0.5, 0.6) is 0 Å². The number of carbonyl (C=O) groups is 1. The molecule has 2 aromatic rings. The molecule has 0 spiro atoms. The fourth-order valence-electron chi connectivity index (χ4n) is 3.54. The van der Waals surface area contributed by atoms with Crippen molar-refractivity contribution in [1.82, 2.24) is 25.2 Å². The zero-order chi connectivity index (χ0) is 19.7. The van der Waals surface area contributed by atoms with Crippen molar-refractivity contribution in [2.75, 3.05) is 13.1 Å². The number of rotatable bonds is 4. The molecule has 2 atom stereocenters. The molecule has 0 bridgehead atoms. The Morgan fingerprint density at radius 2 is 2.03 bits per heavy atom. The van der Waals surface area contributed by atoms with E-state index in [0.717, 1.165) is 19.5 Å². The van der Waals surface area contributed by atoms with E-state index in [4.69, 9.17) is 0 Å². The minimum atomic E-state index is -0.578. The van der Waals surface area contributed by atoms with E-state index < -0.39 is 11.2 Å². The number of amides is 1. The third kappa shape index (κ3) is 4.99. The summed E-state index contributed by atoms with van der Waals surface area (Å²) in [4.78, 5) is 44.6. The first-order valence-electron chi connectivity index (χ1n) is 9.52. The summed E-state index contributed by atoms with van der Waals surface area (Å²) >= 11 is 0. The molecule has 2 unspecified atom stereocenters. The number of nitrogens with one attached hydrogen (secondary N) is 3. The van der Waals surface area contributed by atoms with E-state index in [1.165, 1.54) is 4.57 Å². The first kappa shape index (κ1) is 25.1. The second-order valence-corrected chi connectivity index (χ2v) is 7.50. The number of H-pyrrole nitrogens is 1. The highest BCUT2D eigenvalue weighted by Crippen LogP contribution is 2.20. The Balaban J connectivity index is 0.00000210. The Kier molecular flexibility index (Phi) is 8.86. The minimum absolute atomic E-state index is 0. The van der Waals surface area contributed by atoms with Crippen molar-refractivity contribution in [1.29, 1.82) is 0 Å². The van der Waals surface area contributed by atoms with Crippen LogP contribution in [-0.2, 0) is 6.54 Å². The highest BCUT2D eigenvalue weighted by atomic mass is 35.5. The molecule has 0 aromatic carbocycles. The summed E-state index contributed by atoms with van der Waals surface area (Å²) < 4.78 is 1.40. The van der Waals surface area contributed by atoms with Gasteiger partial charge in [-0.2, -0.15) is 0 Å². The first-order valence-corrected chi connectivity index (χ1v) is 9.52. The Morgan fingerprint density at radius 1 is 1.34 bits per heavy atom. The van der Waals surface area contributed by atoms with Crippen LogP contribution in [0.3, 0.4) is 0 Å². The number of carbonyl (C=O) groups excluding carboxylic acids is 1. The first-order chi connectivity index (χ1) is 12.8. The standard InChI is InChI=1S/C19H27N5O3.2ClH/c1-5-24-16-15(18(26)23-19(24)27)12(8-14(21-16)10(2)3)17(25)22-13-6-7-20-9-11(13)4;;/h8,10-11,13,20H,5-7,9H2,1-4H3,(H,22,25)(H,23,26,27);2*1H. The number of pyridine rings is 1. The summed E-state index contributed by atoms with van der Waals surface area (Å²) in [5.41, 5.74) is 0.129. The Bertz CT molecular complexity index is 986. The number of hydrogen-bond acceptors (Lipinski definition) is 5. The van der Waals surface area contributed by atoms with Crippen LogP contribution in [0.25, 0.3) is 11.0 Å². The lowest BCUT2D eigenvalue weighted by molar-refractivity contribution is 0.0915. The molecule has 0 radical (unpaired) electrons. The zero-order valence-electron chi connectivity index (χ0n) is 17.1. The van der Waals surface area contributed by atoms with Gasteiger partial charge >= 0.3 is 5.69 Å². The van der Waals surface area contributed by atoms with Crippen molar-refractivity contribution >= 4 is 41.8 Å². The summed E-state index contributed by atoms with van der Waals surface area (Å²) in [7, 11) is 0. The highest BCUT2D eigenvalue weighted by molar-refractivity contribution is 6.05. The summed E-state index contributed by atoms with van der Waals surface area (Å²) in [5, 5.41) is 6.55. The number of aromatic nitrogens is 3. The predicted molar refractivity (Wildman–Crippen MR) is 119 cm³/mol. The Morgan fingerprint density at radius 3 is 2.62 bits per heavy atom. The normalized spacial score (nSPS) is 18.8. The molecule has 162 valence electrons. The quantitative estimate of drug-likeness (QED) is 0.664. The van der Waals surface area contributed by atoms with E-state index in [2.05, 4.69) is 27.5 Å². The second-order valence-electron chi connectivity index (χ2n) is 7.50. The molecule has 1 aliphatic heterocycles. The van der Waals surface area contributed by atoms with Crippen LogP contribution >= 0.6 is 24.8 Å². The van der Waals surface area contributed by atoms with Crippen LogP contribution < -0.4 is 21.9 Å². The Labute approximate surface area is 181 Å². The molecule has 1 saturated heterocycles. The highest BCUT2D eigenvalue weighted by Gasteiger charge is 2.26. The van der Waals surface area contributed by atoms with Crippen molar-refractivity contribution in [3.8, 4) is 0 Å².